The second kappa shape index (κ2) is 7.68. The third-order valence-corrected chi connectivity index (χ3v) is 4.52. The molecule has 0 radical (unpaired) electrons. The van der Waals surface area contributed by atoms with Gasteiger partial charge in [-0.15, -0.1) is 0 Å². The van der Waals surface area contributed by atoms with Crippen molar-refractivity contribution in [3.63, 3.8) is 0 Å². The number of anilines is 1. The SMILES string of the molecule is CCCNCc1ccc(N(C)CC2CCCC2)cc1C. The van der Waals surface area contributed by atoms with Gasteiger partial charge >= 0.3 is 0 Å². The van der Waals surface area contributed by atoms with Gasteiger partial charge in [-0.2, -0.15) is 0 Å². The van der Waals surface area contributed by atoms with E-state index in [1.54, 1.807) is 0 Å². The number of hydrogen-bond donors (Lipinski definition) is 1. The summed E-state index contributed by atoms with van der Waals surface area (Å²) in [6.45, 7) is 7.75. The zero-order chi connectivity index (χ0) is 14.4. The average molecular weight is 274 g/mol. The Bertz CT molecular complexity index is 408. The van der Waals surface area contributed by atoms with E-state index in [4.69, 9.17) is 0 Å². The van der Waals surface area contributed by atoms with Gasteiger partial charge in [-0.1, -0.05) is 25.8 Å². The fourth-order valence-electron chi connectivity index (χ4n) is 3.20. The summed E-state index contributed by atoms with van der Waals surface area (Å²) in [5, 5.41) is 3.49. The molecule has 1 N–H and O–H groups in total. The van der Waals surface area contributed by atoms with E-state index in [0.29, 0.717) is 0 Å². The van der Waals surface area contributed by atoms with Crippen LogP contribution in [0.3, 0.4) is 0 Å². The van der Waals surface area contributed by atoms with E-state index in [0.717, 1.165) is 19.0 Å². The molecule has 0 bridgehead atoms. The number of nitrogens with one attached hydrogen (secondary N) is 1. The van der Waals surface area contributed by atoms with Crippen LogP contribution in [0.25, 0.3) is 0 Å². The fourth-order valence-corrected chi connectivity index (χ4v) is 3.20. The van der Waals surface area contributed by atoms with Gasteiger partial charge in [-0.3, -0.25) is 0 Å². The van der Waals surface area contributed by atoms with Crippen molar-refractivity contribution < 1.29 is 0 Å². The molecule has 1 aromatic carbocycles. The molecule has 20 heavy (non-hydrogen) atoms. The van der Waals surface area contributed by atoms with Crippen LogP contribution in [0.4, 0.5) is 5.69 Å². The summed E-state index contributed by atoms with van der Waals surface area (Å²) in [6, 6.07) is 6.92. The van der Waals surface area contributed by atoms with Crippen LogP contribution in [-0.4, -0.2) is 20.1 Å². The highest BCUT2D eigenvalue weighted by Crippen LogP contribution is 2.27. The Morgan fingerprint density at radius 2 is 2.00 bits per heavy atom. The van der Waals surface area contributed by atoms with E-state index in [2.05, 4.69) is 49.3 Å². The lowest BCUT2D eigenvalue weighted by molar-refractivity contribution is 0.547. The highest BCUT2D eigenvalue weighted by atomic mass is 15.1. The minimum absolute atomic E-state index is 0.909. The minimum atomic E-state index is 0.909. The maximum atomic E-state index is 3.49. The smallest absolute Gasteiger partial charge is 0.0366 e. The summed E-state index contributed by atoms with van der Waals surface area (Å²) in [5.74, 6) is 0.909. The molecule has 0 unspecified atom stereocenters. The van der Waals surface area contributed by atoms with Gasteiger partial charge in [-0.25, -0.2) is 0 Å². The first-order chi connectivity index (χ1) is 9.70. The molecule has 1 aliphatic carbocycles. The predicted molar refractivity (Wildman–Crippen MR) is 88.4 cm³/mol. The van der Waals surface area contributed by atoms with E-state index in [9.17, 15) is 0 Å². The Balaban J connectivity index is 1.92. The molecule has 1 aliphatic rings. The molecule has 0 heterocycles. The maximum absolute atomic E-state index is 3.49. The summed E-state index contributed by atoms with van der Waals surface area (Å²) in [5.41, 5.74) is 4.20. The molecule has 112 valence electrons. The molecular formula is C18H30N2. The van der Waals surface area contributed by atoms with Crippen molar-refractivity contribution in [1.29, 1.82) is 0 Å². The molecule has 0 aliphatic heterocycles. The van der Waals surface area contributed by atoms with Gasteiger partial charge < -0.3 is 10.2 Å². The van der Waals surface area contributed by atoms with E-state index in [1.807, 2.05) is 0 Å². The van der Waals surface area contributed by atoms with Crippen molar-refractivity contribution in [3.8, 4) is 0 Å². The Kier molecular flexibility index (Phi) is 5.90. The maximum Gasteiger partial charge on any atom is 0.0366 e. The van der Waals surface area contributed by atoms with Crippen LogP contribution in [0.5, 0.6) is 0 Å². The Morgan fingerprint density at radius 3 is 2.65 bits per heavy atom. The fraction of sp³-hybridized carbons (Fsp3) is 0.667. The van der Waals surface area contributed by atoms with Crippen molar-refractivity contribution in [1.82, 2.24) is 5.32 Å². The molecule has 0 amide bonds. The van der Waals surface area contributed by atoms with Crippen LogP contribution in [0.2, 0.25) is 0 Å². The summed E-state index contributed by atoms with van der Waals surface area (Å²) in [7, 11) is 2.24. The van der Waals surface area contributed by atoms with Gasteiger partial charge in [0.2, 0.25) is 0 Å². The summed E-state index contributed by atoms with van der Waals surface area (Å²) < 4.78 is 0. The molecule has 1 saturated carbocycles. The molecule has 1 aromatic rings. The Morgan fingerprint density at radius 1 is 1.25 bits per heavy atom. The zero-order valence-electron chi connectivity index (χ0n) is 13.4. The first kappa shape index (κ1) is 15.4. The normalized spacial score (nSPS) is 15.8. The van der Waals surface area contributed by atoms with E-state index < -0.39 is 0 Å². The molecule has 2 rings (SSSR count). The number of benzene rings is 1. The van der Waals surface area contributed by atoms with E-state index in [-0.39, 0.29) is 0 Å². The van der Waals surface area contributed by atoms with Crippen molar-refractivity contribution in [2.45, 2.75) is 52.5 Å². The quantitative estimate of drug-likeness (QED) is 0.752. The van der Waals surface area contributed by atoms with Crippen molar-refractivity contribution in [3.05, 3.63) is 29.3 Å². The largest absolute Gasteiger partial charge is 0.374 e. The minimum Gasteiger partial charge on any atom is -0.374 e. The number of aryl methyl sites for hydroxylation is 1. The first-order valence-corrected chi connectivity index (χ1v) is 8.22. The van der Waals surface area contributed by atoms with Crippen molar-refractivity contribution >= 4 is 5.69 Å². The van der Waals surface area contributed by atoms with Gasteiger partial charge in [0.15, 0.2) is 0 Å². The lowest BCUT2D eigenvalue weighted by Gasteiger charge is -2.24. The molecule has 0 saturated heterocycles. The number of rotatable bonds is 7. The van der Waals surface area contributed by atoms with Gasteiger partial charge in [0, 0.05) is 25.8 Å². The lowest BCUT2D eigenvalue weighted by atomic mass is 10.1. The molecule has 0 atom stereocenters. The van der Waals surface area contributed by atoms with Gasteiger partial charge in [0.05, 0.1) is 0 Å². The number of hydrogen-bond acceptors (Lipinski definition) is 2. The average Bonchev–Trinajstić information content (AvgIpc) is 2.93. The molecule has 2 heteroatoms. The van der Waals surface area contributed by atoms with Gasteiger partial charge in [-0.05, 0) is 61.9 Å². The van der Waals surface area contributed by atoms with Crippen LogP contribution in [0.15, 0.2) is 18.2 Å². The summed E-state index contributed by atoms with van der Waals surface area (Å²) >= 11 is 0. The molecule has 0 aromatic heterocycles. The zero-order valence-corrected chi connectivity index (χ0v) is 13.4. The van der Waals surface area contributed by atoms with Crippen LogP contribution in [0.1, 0.15) is 50.2 Å². The first-order valence-electron chi connectivity index (χ1n) is 8.22. The van der Waals surface area contributed by atoms with Gasteiger partial charge in [0.25, 0.3) is 0 Å². The molecule has 2 nitrogen and oxygen atoms in total. The second-order valence-electron chi connectivity index (χ2n) is 6.32. The Hall–Kier alpha value is -1.02. The molecule has 1 fully saturated rings. The highest BCUT2D eigenvalue weighted by molar-refractivity contribution is 5.50. The third-order valence-electron chi connectivity index (χ3n) is 4.52. The van der Waals surface area contributed by atoms with Crippen LogP contribution >= 0.6 is 0 Å². The van der Waals surface area contributed by atoms with Crippen molar-refractivity contribution in [2.24, 2.45) is 5.92 Å². The number of nitrogens with zero attached hydrogens (tertiary/aromatic N) is 1. The second-order valence-corrected chi connectivity index (χ2v) is 6.32. The van der Waals surface area contributed by atoms with Crippen molar-refractivity contribution in [2.75, 3.05) is 25.0 Å². The monoisotopic (exact) mass is 274 g/mol. The third kappa shape index (κ3) is 4.24. The predicted octanol–water partition coefficient (Wildman–Crippen LogP) is 4.12. The topological polar surface area (TPSA) is 15.3 Å². The standard InChI is InChI=1S/C18H30N2/c1-4-11-19-13-17-9-10-18(12-15(17)2)20(3)14-16-7-5-6-8-16/h9-10,12,16,19H,4-8,11,13-14H2,1-3H3. The molecular weight excluding hydrogens is 244 g/mol. The summed E-state index contributed by atoms with van der Waals surface area (Å²) in [6.07, 6.45) is 6.89. The van der Waals surface area contributed by atoms with E-state index >= 15 is 0 Å². The van der Waals surface area contributed by atoms with Gasteiger partial charge in [0.1, 0.15) is 0 Å². The van der Waals surface area contributed by atoms with Crippen LogP contribution < -0.4 is 10.2 Å². The summed E-state index contributed by atoms with van der Waals surface area (Å²) in [4.78, 5) is 2.44. The van der Waals surface area contributed by atoms with E-state index in [1.165, 1.54) is 55.5 Å². The van der Waals surface area contributed by atoms with Crippen LogP contribution in [0, 0.1) is 12.8 Å². The van der Waals surface area contributed by atoms with Crippen LogP contribution in [-0.2, 0) is 6.54 Å². The highest BCUT2D eigenvalue weighted by Gasteiger charge is 2.17. The Labute approximate surface area is 124 Å². The molecule has 0 spiro atoms. The lowest BCUT2D eigenvalue weighted by Crippen LogP contribution is -2.24.